The summed E-state index contributed by atoms with van der Waals surface area (Å²) < 4.78 is 0. The highest BCUT2D eigenvalue weighted by molar-refractivity contribution is 5.82. The van der Waals surface area contributed by atoms with Crippen molar-refractivity contribution < 1.29 is 9.59 Å². The lowest BCUT2D eigenvalue weighted by molar-refractivity contribution is -0.134. The molecule has 1 saturated heterocycles. The van der Waals surface area contributed by atoms with Gasteiger partial charge in [0.1, 0.15) is 0 Å². The number of likely N-dealkylation sites (tertiary alicyclic amines) is 1. The van der Waals surface area contributed by atoms with Gasteiger partial charge >= 0.3 is 0 Å². The van der Waals surface area contributed by atoms with Crippen molar-refractivity contribution in [2.45, 2.75) is 58.9 Å². The van der Waals surface area contributed by atoms with Gasteiger partial charge in [-0.25, -0.2) is 0 Å². The standard InChI is InChI=1S/C17H33N3O2/c1-6-14(20-12-7-9-15(20)21)13-17(2,3)16(22)18-10-8-11-19(4)5/h14H,6-13H2,1-5H3,(H,18,22). The molecule has 0 radical (unpaired) electrons. The van der Waals surface area contributed by atoms with E-state index in [2.05, 4.69) is 17.1 Å². The molecular formula is C17H33N3O2. The van der Waals surface area contributed by atoms with Crippen LogP contribution in [0.4, 0.5) is 0 Å². The van der Waals surface area contributed by atoms with Gasteiger partial charge in [0, 0.05) is 31.0 Å². The van der Waals surface area contributed by atoms with Crippen LogP contribution in [0, 0.1) is 5.41 Å². The van der Waals surface area contributed by atoms with E-state index in [9.17, 15) is 9.59 Å². The molecule has 2 amide bonds. The Morgan fingerprint density at radius 3 is 2.59 bits per heavy atom. The van der Waals surface area contributed by atoms with Gasteiger partial charge in [-0.1, -0.05) is 20.8 Å². The first-order valence-corrected chi connectivity index (χ1v) is 8.50. The molecular weight excluding hydrogens is 278 g/mol. The van der Waals surface area contributed by atoms with Gasteiger partial charge in [-0.15, -0.1) is 0 Å². The first kappa shape index (κ1) is 18.9. The maximum absolute atomic E-state index is 12.4. The molecule has 1 atom stereocenters. The van der Waals surface area contributed by atoms with E-state index in [0.29, 0.717) is 13.0 Å². The van der Waals surface area contributed by atoms with Crippen LogP contribution in [0.15, 0.2) is 0 Å². The Morgan fingerprint density at radius 1 is 1.41 bits per heavy atom. The molecule has 0 spiro atoms. The lowest BCUT2D eigenvalue weighted by Gasteiger charge is -2.33. The van der Waals surface area contributed by atoms with Crippen LogP contribution in [0.2, 0.25) is 0 Å². The number of nitrogens with zero attached hydrogens (tertiary/aromatic N) is 2. The molecule has 1 aliphatic rings. The topological polar surface area (TPSA) is 52.7 Å². The van der Waals surface area contributed by atoms with Gasteiger partial charge in [-0.05, 0) is 46.3 Å². The van der Waals surface area contributed by atoms with Crippen molar-refractivity contribution in [2.24, 2.45) is 5.41 Å². The molecule has 22 heavy (non-hydrogen) atoms. The second-order valence-electron chi connectivity index (χ2n) is 7.25. The number of carbonyl (C=O) groups excluding carboxylic acids is 2. The Labute approximate surface area is 135 Å². The third-order valence-electron chi connectivity index (χ3n) is 4.45. The molecule has 0 bridgehead atoms. The van der Waals surface area contributed by atoms with Crippen LogP contribution in [-0.4, -0.2) is 61.4 Å². The van der Waals surface area contributed by atoms with Crippen LogP contribution in [0.3, 0.4) is 0 Å². The molecule has 1 unspecified atom stereocenters. The normalized spacial score (nSPS) is 17.2. The Balaban J connectivity index is 2.49. The first-order chi connectivity index (χ1) is 10.3. The van der Waals surface area contributed by atoms with Crippen molar-refractivity contribution in [3.05, 3.63) is 0 Å². The zero-order valence-corrected chi connectivity index (χ0v) is 14.9. The summed E-state index contributed by atoms with van der Waals surface area (Å²) in [6, 6.07) is 0.178. The minimum atomic E-state index is -0.443. The van der Waals surface area contributed by atoms with Crippen LogP contribution >= 0.6 is 0 Å². The minimum Gasteiger partial charge on any atom is -0.356 e. The molecule has 0 aromatic rings. The Hall–Kier alpha value is -1.10. The van der Waals surface area contributed by atoms with Crippen molar-refractivity contribution >= 4 is 11.8 Å². The van der Waals surface area contributed by atoms with Gasteiger partial charge in [-0.2, -0.15) is 0 Å². The second-order valence-corrected chi connectivity index (χ2v) is 7.25. The third-order valence-corrected chi connectivity index (χ3v) is 4.45. The molecule has 5 nitrogen and oxygen atoms in total. The van der Waals surface area contributed by atoms with Crippen LogP contribution in [0.1, 0.15) is 52.9 Å². The molecule has 0 saturated carbocycles. The molecule has 0 aromatic carbocycles. The van der Waals surface area contributed by atoms with E-state index >= 15 is 0 Å². The van der Waals surface area contributed by atoms with Crippen molar-refractivity contribution in [3.8, 4) is 0 Å². The zero-order chi connectivity index (χ0) is 16.8. The molecule has 1 aliphatic heterocycles. The van der Waals surface area contributed by atoms with E-state index in [-0.39, 0.29) is 17.9 Å². The van der Waals surface area contributed by atoms with Gasteiger partial charge in [0.25, 0.3) is 0 Å². The summed E-state index contributed by atoms with van der Waals surface area (Å²) in [5.41, 5.74) is -0.443. The van der Waals surface area contributed by atoms with E-state index in [0.717, 1.165) is 38.8 Å². The lowest BCUT2D eigenvalue weighted by Crippen LogP contribution is -2.44. The number of hydrogen-bond donors (Lipinski definition) is 1. The van der Waals surface area contributed by atoms with Gasteiger partial charge in [0.15, 0.2) is 0 Å². The maximum Gasteiger partial charge on any atom is 0.225 e. The van der Waals surface area contributed by atoms with Crippen LogP contribution < -0.4 is 5.32 Å². The Kier molecular flexibility index (Phi) is 7.33. The predicted molar refractivity (Wildman–Crippen MR) is 89.6 cm³/mol. The highest BCUT2D eigenvalue weighted by Crippen LogP contribution is 2.28. The van der Waals surface area contributed by atoms with Gasteiger partial charge in [-0.3, -0.25) is 9.59 Å². The number of nitrogens with one attached hydrogen (secondary N) is 1. The second kappa shape index (κ2) is 8.51. The Bertz CT molecular complexity index is 380. The minimum absolute atomic E-state index is 0.0938. The van der Waals surface area contributed by atoms with E-state index in [1.807, 2.05) is 32.8 Å². The largest absolute Gasteiger partial charge is 0.356 e. The molecule has 0 aromatic heterocycles. The summed E-state index contributed by atoms with van der Waals surface area (Å²) in [5.74, 6) is 0.338. The molecule has 1 rings (SSSR count). The van der Waals surface area contributed by atoms with Crippen LogP contribution in [-0.2, 0) is 9.59 Å². The lowest BCUT2D eigenvalue weighted by atomic mass is 9.83. The molecule has 0 aliphatic carbocycles. The van der Waals surface area contributed by atoms with E-state index < -0.39 is 5.41 Å². The highest BCUT2D eigenvalue weighted by Gasteiger charge is 2.35. The fourth-order valence-electron chi connectivity index (χ4n) is 3.05. The van der Waals surface area contributed by atoms with Crippen molar-refractivity contribution in [3.63, 3.8) is 0 Å². The first-order valence-electron chi connectivity index (χ1n) is 8.50. The summed E-state index contributed by atoms with van der Waals surface area (Å²) in [7, 11) is 4.06. The number of amides is 2. The molecule has 128 valence electrons. The average Bonchev–Trinajstić information content (AvgIpc) is 2.86. The van der Waals surface area contributed by atoms with E-state index in [4.69, 9.17) is 0 Å². The molecule has 1 fully saturated rings. The molecule has 1 N–H and O–H groups in total. The molecule has 5 heteroatoms. The summed E-state index contributed by atoms with van der Waals surface area (Å²) >= 11 is 0. The van der Waals surface area contributed by atoms with Crippen molar-refractivity contribution in [1.29, 1.82) is 0 Å². The predicted octanol–water partition coefficient (Wildman–Crippen LogP) is 1.87. The highest BCUT2D eigenvalue weighted by atomic mass is 16.2. The fraction of sp³-hybridized carbons (Fsp3) is 0.882. The van der Waals surface area contributed by atoms with Crippen LogP contribution in [0.5, 0.6) is 0 Å². The van der Waals surface area contributed by atoms with Crippen LogP contribution in [0.25, 0.3) is 0 Å². The van der Waals surface area contributed by atoms with Crippen molar-refractivity contribution in [2.75, 3.05) is 33.7 Å². The summed E-state index contributed by atoms with van der Waals surface area (Å²) in [4.78, 5) is 28.4. The Morgan fingerprint density at radius 2 is 2.09 bits per heavy atom. The van der Waals surface area contributed by atoms with Gasteiger partial charge < -0.3 is 15.1 Å². The van der Waals surface area contributed by atoms with Gasteiger partial charge in [0.2, 0.25) is 11.8 Å². The van der Waals surface area contributed by atoms with E-state index in [1.165, 1.54) is 0 Å². The molecule has 1 heterocycles. The summed E-state index contributed by atoms with van der Waals surface area (Å²) in [6.45, 7) is 8.59. The fourth-order valence-corrected chi connectivity index (χ4v) is 3.05. The number of hydrogen-bond acceptors (Lipinski definition) is 3. The quantitative estimate of drug-likeness (QED) is 0.661. The van der Waals surface area contributed by atoms with E-state index in [1.54, 1.807) is 0 Å². The SMILES string of the molecule is CCC(CC(C)(C)C(=O)NCCCN(C)C)N1CCCC1=O. The smallest absolute Gasteiger partial charge is 0.225 e. The summed E-state index contributed by atoms with van der Waals surface area (Å²) in [6.07, 6.45) is 4.20. The van der Waals surface area contributed by atoms with Crippen molar-refractivity contribution in [1.82, 2.24) is 15.1 Å². The number of rotatable bonds is 9. The third kappa shape index (κ3) is 5.59. The number of carbonyl (C=O) groups is 2. The average molecular weight is 311 g/mol. The summed E-state index contributed by atoms with van der Waals surface area (Å²) in [5, 5.41) is 3.04. The maximum atomic E-state index is 12.4. The monoisotopic (exact) mass is 311 g/mol. The van der Waals surface area contributed by atoms with Gasteiger partial charge in [0.05, 0.1) is 0 Å². The zero-order valence-electron chi connectivity index (χ0n) is 14.9.